The summed E-state index contributed by atoms with van der Waals surface area (Å²) in [5.74, 6) is -0.504. The van der Waals surface area contributed by atoms with Crippen LogP contribution in [0.1, 0.15) is 60.8 Å². The maximum absolute atomic E-state index is 12.8. The standard InChI is InChI=1S/C23H28N2O4.C13H17NO2.C9H13NO/c26-16-20(15-18-9-3-1-4-10-18)24-23(28)25-14-8-7-13-21(25)22(27)29-17-19-11-5-2-6-12-19;15-13(12-8-4-5-9-14-12)16-10-11-6-2-1-3-7-11;10-9(7-11)6-8-4-2-1-3-5-8/h1-6,9-12,20-21,26H,7-8,13-17H2,(H,24,28);1-3,6-7,12,14H,4-5,8-10H2;1-5,9,11H,6-7,10H2/t20-,21+;12-;9-/m101/s1. The minimum absolute atomic E-state index is 0.0505. The van der Waals surface area contributed by atoms with Crippen molar-refractivity contribution in [2.24, 2.45) is 5.73 Å². The van der Waals surface area contributed by atoms with Crippen molar-refractivity contribution in [1.29, 1.82) is 0 Å². The number of nitrogens with two attached hydrogens (primary N) is 1. The molecule has 2 fully saturated rings. The summed E-state index contributed by atoms with van der Waals surface area (Å²) in [6.45, 7) is 1.87. The molecule has 4 aromatic rings. The van der Waals surface area contributed by atoms with E-state index >= 15 is 0 Å². The van der Waals surface area contributed by atoms with Gasteiger partial charge in [0.1, 0.15) is 25.3 Å². The van der Waals surface area contributed by atoms with Crippen LogP contribution in [0.3, 0.4) is 0 Å². The van der Waals surface area contributed by atoms with Gasteiger partial charge in [-0.2, -0.15) is 0 Å². The zero-order valence-corrected chi connectivity index (χ0v) is 32.2. The average molecular weight is 767 g/mol. The number of amides is 2. The van der Waals surface area contributed by atoms with Crippen LogP contribution in [0.25, 0.3) is 0 Å². The molecule has 0 spiro atoms. The molecule has 6 rings (SSSR count). The topological polar surface area (TPSA) is 163 Å². The van der Waals surface area contributed by atoms with Crippen molar-refractivity contribution in [3.63, 3.8) is 0 Å². The van der Waals surface area contributed by atoms with Gasteiger partial charge in [-0.25, -0.2) is 9.59 Å². The van der Waals surface area contributed by atoms with Gasteiger partial charge in [-0.1, -0.05) is 128 Å². The number of hydrogen-bond donors (Lipinski definition) is 5. The minimum atomic E-state index is -0.594. The van der Waals surface area contributed by atoms with E-state index in [9.17, 15) is 19.5 Å². The van der Waals surface area contributed by atoms with Crippen LogP contribution in [0.2, 0.25) is 0 Å². The number of aliphatic hydroxyl groups excluding tert-OH is 2. The van der Waals surface area contributed by atoms with Crippen LogP contribution in [0.5, 0.6) is 0 Å². The van der Waals surface area contributed by atoms with E-state index in [0.717, 1.165) is 61.8 Å². The predicted octanol–water partition coefficient (Wildman–Crippen LogP) is 5.32. The highest BCUT2D eigenvalue weighted by atomic mass is 16.5. The Hall–Kier alpha value is -5.07. The molecule has 0 unspecified atom stereocenters. The van der Waals surface area contributed by atoms with Crippen LogP contribution in [0.15, 0.2) is 121 Å². The second-order valence-electron chi connectivity index (χ2n) is 14.0. The van der Waals surface area contributed by atoms with E-state index in [4.69, 9.17) is 20.3 Å². The van der Waals surface area contributed by atoms with Crippen molar-refractivity contribution in [3.05, 3.63) is 144 Å². The Labute approximate surface area is 331 Å². The smallest absolute Gasteiger partial charge is 0.329 e. The fourth-order valence-corrected chi connectivity index (χ4v) is 6.43. The average Bonchev–Trinajstić information content (AvgIpc) is 3.26. The van der Waals surface area contributed by atoms with E-state index in [1.54, 1.807) is 4.90 Å². The first-order valence-corrected chi connectivity index (χ1v) is 19.6. The molecular weight excluding hydrogens is 709 g/mol. The number of likely N-dealkylation sites (tertiary alicyclic amines) is 1. The number of carbonyl (C=O) groups is 3. The number of rotatable bonds is 13. The van der Waals surface area contributed by atoms with Crippen LogP contribution >= 0.6 is 0 Å². The fraction of sp³-hybridized carbons (Fsp3) is 0.400. The van der Waals surface area contributed by atoms with Crippen molar-refractivity contribution in [1.82, 2.24) is 15.5 Å². The molecule has 11 heteroatoms. The van der Waals surface area contributed by atoms with Gasteiger partial charge < -0.3 is 41.0 Å². The van der Waals surface area contributed by atoms with Crippen molar-refractivity contribution in [2.75, 3.05) is 26.3 Å². The summed E-state index contributed by atoms with van der Waals surface area (Å²) in [6.07, 6.45) is 6.75. The van der Waals surface area contributed by atoms with Gasteiger partial charge in [0.05, 0.1) is 19.3 Å². The summed E-state index contributed by atoms with van der Waals surface area (Å²) in [7, 11) is 0. The molecule has 0 bridgehead atoms. The Morgan fingerprint density at radius 1 is 0.661 bits per heavy atom. The van der Waals surface area contributed by atoms with Gasteiger partial charge in [-0.3, -0.25) is 4.79 Å². The van der Waals surface area contributed by atoms with Crippen LogP contribution in [-0.2, 0) is 45.1 Å². The monoisotopic (exact) mass is 766 g/mol. The molecule has 2 aliphatic rings. The summed E-state index contributed by atoms with van der Waals surface area (Å²) < 4.78 is 10.7. The second-order valence-corrected chi connectivity index (χ2v) is 14.0. The van der Waals surface area contributed by atoms with Crippen molar-refractivity contribution in [2.45, 2.75) is 88.7 Å². The number of carbonyl (C=O) groups excluding carboxylic acids is 3. The Morgan fingerprint density at radius 2 is 1.16 bits per heavy atom. The Kier molecular flexibility index (Phi) is 19.6. The van der Waals surface area contributed by atoms with Gasteiger partial charge in [0.25, 0.3) is 0 Å². The number of piperidine rings is 2. The molecule has 4 aromatic carbocycles. The zero-order chi connectivity index (χ0) is 39.8. The molecule has 4 atom stereocenters. The van der Waals surface area contributed by atoms with Gasteiger partial charge in [0.2, 0.25) is 0 Å². The van der Waals surface area contributed by atoms with Gasteiger partial charge in [0, 0.05) is 12.6 Å². The number of hydrogen-bond acceptors (Lipinski definition) is 9. The predicted molar refractivity (Wildman–Crippen MR) is 217 cm³/mol. The van der Waals surface area contributed by atoms with Crippen molar-refractivity contribution >= 4 is 18.0 Å². The zero-order valence-electron chi connectivity index (χ0n) is 32.2. The summed E-state index contributed by atoms with van der Waals surface area (Å²) in [5, 5.41) is 24.4. The lowest BCUT2D eigenvalue weighted by molar-refractivity contribution is -0.151. The van der Waals surface area contributed by atoms with E-state index in [0.29, 0.717) is 26.0 Å². The largest absolute Gasteiger partial charge is 0.460 e. The first-order valence-electron chi connectivity index (χ1n) is 19.6. The number of nitrogens with one attached hydrogen (secondary N) is 2. The number of urea groups is 1. The molecule has 300 valence electrons. The molecule has 6 N–H and O–H groups in total. The molecule has 0 aromatic heterocycles. The van der Waals surface area contributed by atoms with Crippen LogP contribution in [-0.4, -0.2) is 83.6 Å². The molecule has 2 aliphatic heterocycles. The van der Waals surface area contributed by atoms with E-state index in [2.05, 4.69) is 10.6 Å². The Bertz CT molecular complexity index is 1680. The lowest BCUT2D eigenvalue weighted by Crippen LogP contribution is -2.55. The normalized spacial score (nSPS) is 17.4. The summed E-state index contributed by atoms with van der Waals surface area (Å²) in [5.41, 5.74) is 9.71. The van der Waals surface area contributed by atoms with Crippen molar-refractivity contribution < 1.29 is 34.1 Å². The summed E-state index contributed by atoms with van der Waals surface area (Å²) in [4.78, 5) is 38.7. The van der Waals surface area contributed by atoms with Crippen LogP contribution in [0, 0.1) is 0 Å². The molecule has 2 amide bonds. The molecule has 0 saturated carbocycles. The second kappa shape index (κ2) is 25.2. The molecule has 11 nitrogen and oxygen atoms in total. The van der Waals surface area contributed by atoms with Crippen molar-refractivity contribution in [3.8, 4) is 0 Å². The fourth-order valence-electron chi connectivity index (χ4n) is 6.43. The number of benzene rings is 4. The SMILES string of the molecule is N[C@@H](CO)Cc1ccccc1.O=C(OCc1ccccc1)[C@@H]1CCCCN1.O=C(OCc1ccccc1)[C@@H]1CCCCN1C(=O)N[C@@H](CO)Cc1ccccc1. The first kappa shape index (κ1) is 43.7. The Morgan fingerprint density at radius 3 is 1.66 bits per heavy atom. The van der Waals surface area contributed by atoms with Gasteiger partial charge in [-0.05, 0) is 73.7 Å². The molecule has 0 radical (unpaired) electrons. The quantitative estimate of drug-likeness (QED) is 0.113. The van der Waals surface area contributed by atoms with Crippen LogP contribution in [0.4, 0.5) is 4.79 Å². The number of aliphatic hydroxyl groups is 2. The lowest BCUT2D eigenvalue weighted by Gasteiger charge is -2.35. The number of esters is 2. The summed E-state index contributed by atoms with van der Waals surface area (Å²) >= 11 is 0. The minimum Gasteiger partial charge on any atom is -0.460 e. The first-order chi connectivity index (χ1) is 27.4. The number of ether oxygens (including phenoxy) is 2. The third-order valence-corrected chi connectivity index (χ3v) is 9.53. The van der Waals surface area contributed by atoms with Crippen LogP contribution < -0.4 is 16.4 Å². The van der Waals surface area contributed by atoms with E-state index < -0.39 is 12.1 Å². The van der Waals surface area contributed by atoms with E-state index in [-0.39, 0.29) is 49.9 Å². The number of nitrogens with zero attached hydrogens (tertiary/aromatic N) is 1. The Balaban J connectivity index is 0.000000214. The highest BCUT2D eigenvalue weighted by molar-refractivity contribution is 5.84. The van der Waals surface area contributed by atoms with E-state index in [1.165, 1.54) is 5.56 Å². The highest BCUT2D eigenvalue weighted by Gasteiger charge is 2.34. The molecule has 2 heterocycles. The third-order valence-electron chi connectivity index (χ3n) is 9.53. The third kappa shape index (κ3) is 16.0. The van der Waals surface area contributed by atoms with Gasteiger partial charge >= 0.3 is 18.0 Å². The molecule has 0 aliphatic carbocycles. The maximum atomic E-state index is 12.8. The maximum Gasteiger partial charge on any atom is 0.329 e. The lowest BCUT2D eigenvalue weighted by atomic mass is 10.0. The van der Waals surface area contributed by atoms with E-state index in [1.807, 2.05) is 121 Å². The molecular formula is C45H58N4O7. The summed E-state index contributed by atoms with van der Waals surface area (Å²) in [6, 6.07) is 37.3. The van der Waals surface area contributed by atoms with Gasteiger partial charge in [-0.15, -0.1) is 0 Å². The highest BCUT2D eigenvalue weighted by Crippen LogP contribution is 2.20. The molecule has 2 saturated heterocycles. The van der Waals surface area contributed by atoms with Gasteiger partial charge in [0.15, 0.2) is 0 Å². The molecule has 56 heavy (non-hydrogen) atoms.